The number of hydrogen-bond acceptors (Lipinski definition) is 2. The van der Waals surface area contributed by atoms with Gasteiger partial charge in [-0.15, -0.1) is 0 Å². The normalized spacial score (nSPS) is 12.9. The highest BCUT2D eigenvalue weighted by atomic mass is 16.3. The molecule has 1 heterocycles. The first-order valence-electron chi connectivity index (χ1n) is 21.8. The zero-order chi connectivity index (χ0) is 41.5. The Hall–Kier alpha value is -8.20. The van der Waals surface area contributed by atoms with Crippen LogP contribution >= 0.6 is 0 Å². The smallest absolute Gasteiger partial charge is 0.143 e. The number of nitrogens with zero attached hydrogens (tertiary/aromatic N) is 1. The molecule has 1 aromatic heterocycles. The molecule has 12 aromatic rings. The first kappa shape index (κ1) is 35.5. The topological polar surface area (TPSA) is 16.4 Å². The lowest BCUT2D eigenvalue weighted by molar-refractivity contribution is 0.672. The van der Waals surface area contributed by atoms with Gasteiger partial charge in [-0.3, -0.25) is 0 Å². The summed E-state index contributed by atoms with van der Waals surface area (Å²) in [4.78, 5) is 2.41. The van der Waals surface area contributed by atoms with Crippen molar-refractivity contribution in [1.29, 1.82) is 0 Å². The van der Waals surface area contributed by atoms with Crippen molar-refractivity contribution in [2.24, 2.45) is 0 Å². The van der Waals surface area contributed by atoms with Crippen LogP contribution in [0, 0.1) is 0 Å². The van der Waals surface area contributed by atoms with E-state index >= 15 is 0 Å². The molecule has 1 aliphatic carbocycles. The second kappa shape index (κ2) is 13.9. The molecule has 0 saturated carbocycles. The minimum Gasteiger partial charge on any atom is -0.455 e. The summed E-state index contributed by atoms with van der Waals surface area (Å²) < 4.78 is 7.06. The standard InChI is InChI=1S/C61H39NO/c1-3-21-44(22-4-1)61(45-23-5-2-6-24-45)55-30-14-13-26-49(55)50-28-15-29-51(59(50)61)53-39-54-58-56(31-16-32-57(58)63-60(54)52-27-12-11-25-48(52)53)62(46-35-33-40-17-7-9-19-42(40)37-46)47-36-34-41-18-8-10-20-43(41)38-47/h1-39H. The van der Waals surface area contributed by atoms with Crippen molar-refractivity contribution in [2.45, 2.75) is 5.41 Å². The van der Waals surface area contributed by atoms with Crippen LogP contribution in [0.1, 0.15) is 22.3 Å². The zero-order valence-corrected chi connectivity index (χ0v) is 34.4. The Bertz CT molecular complexity index is 3630. The monoisotopic (exact) mass is 801 g/mol. The van der Waals surface area contributed by atoms with Crippen LogP contribution in [0.25, 0.3) is 76.5 Å². The van der Waals surface area contributed by atoms with Gasteiger partial charge >= 0.3 is 0 Å². The predicted molar refractivity (Wildman–Crippen MR) is 264 cm³/mol. The maximum atomic E-state index is 7.06. The maximum absolute atomic E-state index is 7.06. The Labute approximate surface area is 365 Å². The summed E-state index contributed by atoms with van der Waals surface area (Å²) in [6.07, 6.45) is 0. The number of anilines is 3. The van der Waals surface area contributed by atoms with Crippen molar-refractivity contribution in [2.75, 3.05) is 4.90 Å². The molecule has 0 spiro atoms. The van der Waals surface area contributed by atoms with Crippen LogP contribution < -0.4 is 4.90 Å². The Morgan fingerprint density at radius 1 is 0.349 bits per heavy atom. The molecular formula is C61H39NO. The average molecular weight is 802 g/mol. The van der Waals surface area contributed by atoms with Gasteiger partial charge in [0.2, 0.25) is 0 Å². The molecular weight excluding hydrogens is 763 g/mol. The summed E-state index contributed by atoms with van der Waals surface area (Å²) in [5, 5.41) is 9.21. The number of fused-ring (bicyclic) bond motifs is 10. The lowest BCUT2D eigenvalue weighted by atomic mass is 9.66. The Kier molecular flexibility index (Phi) is 7.85. The van der Waals surface area contributed by atoms with Crippen molar-refractivity contribution in [3.8, 4) is 22.3 Å². The van der Waals surface area contributed by atoms with Crippen molar-refractivity contribution >= 4 is 71.3 Å². The van der Waals surface area contributed by atoms with Gasteiger partial charge in [0.15, 0.2) is 0 Å². The Morgan fingerprint density at radius 2 is 0.873 bits per heavy atom. The van der Waals surface area contributed by atoms with Crippen molar-refractivity contribution in [1.82, 2.24) is 0 Å². The van der Waals surface area contributed by atoms with Crippen LogP contribution in [-0.2, 0) is 5.41 Å². The molecule has 13 rings (SSSR count). The van der Waals surface area contributed by atoms with E-state index in [1.54, 1.807) is 0 Å². The first-order chi connectivity index (χ1) is 31.3. The van der Waals surface area contributed by atoms with Gasteiger partial charge < -0.3 is 9.32 Å². The van der Waals surface area contributed by atoms with Gasteiger partial charge in [-0.2, -0.15) is 0 Å². The van der Waals surface area contributed by atoms with E-state index in [9.17, 15) is 0 Å². The van der Waals surface area contributed by atoms with E-state index in [2.05, 4.69) is 241 Å². The third-order valence-corrected chi connectivity index (χ3v) is 13.5. The summed E-state index contributed by atoms with van der Waals surface area (Å²) >= 11 is 0. The minimum atomic E-state index is -0.562. The summed E-state index contributed by atoms with van der Waals surface area (Å²) in [6, 6.07) is 86.6. The van der Waals surface area contributed by atoms with E-state index in [0.717, 1.165) is 49.8 Å². The van der Waals surface area contributed by atoms with Gasteiger partial charge in [-0.25, -0.2) is 0 Å². The molecule has 0 radical (unpaired) electrons. The lowest BCUT2D eigenvalue weighted by Crippen LogP contribution is -2.29. The van der Waals surface area contributed by atoms with E-state index in [0.29, 0.717) is 0 Å². The number of benzene rings is 11. The fraction of sp³-hybridized carbons (Fsp3) is 0.0164. The predicted octanol–water partition coefficient (Wildman–Crippen LogP) is 16.5. The van der Waals surface area contributed by atoms with E-state index < -0.39 is 5.41 Å². The average Bonchev–Trinajstić information content (AvgIpc) is 3.89. The number of rotatable bonds is 6. The third kappa shape index (κ3) is 5.25. The lowest BCUT2D eigenvalue weighted by Gasteiger charge is -2.35. The molecule has 1 aliphatic rings. The molecule has 0 N–H and O–H groups in total. The quantitative estimate of drug-likeness (QED) is 0.167. The second-order valence-corrected chi connectivity index (χ2v) is 16.8. The van der Waals surface area contributed by atoms with E-state index in [1.165, 1.54) is 66.1 Å². The van der Waals surface area contributed by atoms with Crippen LogP contribution in [0.3, 0.4) is 0 Å². The highest BCUT2D eigenvalue weighted by Crippen LogP contribution is 2.59. The Morgan fingerprint density at radius 3 is 1.54 bits per heavy atom. The molecule has 0 amide bonds. The molecule has 11 aromatic carbocycles. The second-order valence-electron chi connectivity index (χ2n) is 16.8. The number of furan rings is 1. The van der Waals surface area contributed by atoms with Gasteiger partial charge in [0.25, 0.3) is 0 Å². The summed E-state index contributed by atoms with van der Waals surface area (Å²) in [5.41, 5.74) is 14.4. The van der Waals surface area contributed by atoms with Gasteiger partial charge in [0.1, 0.15) is 11.2 Å². The molecule has 2 heteroatoms. The highest BCUT2D eigenvalue weighted by molar-refractivity contribution is 6.23. The molecule has 294 valence electrons. The fourth-order valence-electron chi connectivity index (χ4n) is 10.8. The number of hydrogen-bond donors (Lipinski definition) is 0. The fourth-order valence-corrected chi connectivity index (χ4v) is 10.8. The van der Waals surface area contributed by atoms with Crippen LogP contribution in [0.4, 0.5) is 17.1 Å². The van der Waals surface area contributed by atoms with Gasteiger partial charge in [0, 0.05) is 22.1 Å². The first-order valence-corrected chi connectivity index (χ1v) is 21.8. The van der Waals surface area contributed by atoms with E-state index in [4.69, 9.17) is 4.42 Å². The molecule has 63 heavy (non-hydrogen) atoms. The molecule has 0 bridgehead atoms. The van der Waals surface area contributed by atoms with Gasteiger partial charge in [-0.1, -0.05) is 194 Å². The molecule has 2 nitrogen and oxygen atoms in total. The Balaban J connectivity index is 1.13. The summed E-state index contributed by atoms with van der Waals surface area (Å²) in [6.45, 7) is 0. The SMILES string of the molecule is c1ccc(C2(c3ccccc3)c3ccccc3-c3cccc(-c4cc5c(oc6cccc(N(c7ccc8ccccc8c7)c7ccc8ccccc8c7)c65)c5ccccc45)c32)cc1. The zero-order valence-electron chi connectivity index (χ0n) is 34.4. The van der Waals surface area contributed by atoms with Crippen molar-refractivity contribution < 1.29 is 4.42 Å². The van der Waals surface area contributed by atoms with E-state index in [1.807, 2.05) is 0 Å². The van der Waals surface area contributed by atoms with Crippen molar-refractivity contribution in [3.63, 3.8) is 0 Å². The van der Waals surface area contributed by atoms with Crippen molar-refractivity contribution in [3.05, 3.63) is 259 Å². The molecule has 0 saturated heterocycles. The van der Waals surface area contributed by atoms with Crippen LogP contribution in [0.2, 0.25) is 0 Å². The highest BCUT2D eigenvalue weighted by Gasteiger charge is 2.47. The molecule has 0 aliphatic heterocycles. The molecule has 0 atom stereocenters. The minimum absolute atomic E-state index is 0.562. The third-order valence-electron chi connectivity index (χ3n) is 13.5. The van der Waals surface area contributed by atoms with Gasteiger partial charge in [-0.05, 0) is 114 Å². The van der Waals surface area contributed by atoms with E-state index in [-0.39, 0.29) is 0 Å². The van der Waals surface area contributed by atoms with Crippen LogP contribution in [0.15, 0.2) is 241 Å². The maximum Gasteiger partial charge on any atom is 0.143 e. The summed E-state index contributed by atoms with van der Waals surface area (Å²) in [5.74, 6) is 0. The molecule has 0 unspecified atom stereocenters. The largest absolute Gasteiger partial charge is 0.455 e. The molecule has 0 fully saturated rings. The van der Waals surface area contributed by atoms with Crippen LogP contribution in [-0.4, -0.2) is 0 Å². The van der Waals surface area contributed by atoms with Crippen LogP contribution in [0.5, 0.6) is 0 Å². The summed E-state index contributed by atoms with van der Waals surface area (Å²) in [7, 11) is 0. The van der Waals surface area contributed by atoms with Gasteiger partial charge in [0.05, 0.1) is 16.5 Å².